The van der Waals surface area contributed by atoms with Gasteiger partial charge in [-0.1, -0.05) is 6.07 Å². The lowest BCUT2D eigenvalue weighted by Crippen LogP contribution is -2.46. The number of hydrogen-bond donors (Lipinski definition) is 2. The van der Waals surface area contributed by atoms with E-state index in [0.29, 0.717) is 18.4 Å². The first-order valence-electron chi connectivity index (χ1n) is 10.1. The van der Waals surface area contributed by atoms with Crippen LogP contribution in [-0.2, 0) is 30.5 Å². The van der Waals surface area contributed by atoms with Crippen molar-refractivity contribution in [1.82, 2.24) is 5.32 Å². The lowest BCUT2D eigenvalue weighted by Gasteiger charge is -2.21. The van der Waals surface area contributed by atoms with Crippen LogP contribution in [0.1, 0.15) is 58.3 Å². The maximum atomic E-state index is 13.1. The van der Waals surface area contributed by atoms with E-state index < -0.39 is 5.54 Å². The first-order valence-corrected chi connectivity index (χ1v) is 10.1. The summed E-state index contributed by atoms with van der Waals surface area (Å²) in [6, 6.07) is 7.73. The zero-order valence-electron chi connectivity index (χ0n) is 15.7. The van der Waals surface area contributed by atoms with Gasteiger partial charge in [0.15, 0.2) is 0 Å². The highest BCUT2D eigenvalue weighted by molar-refractivity contribution is 6.06. The molecule has 3 aliphatic rings. The molecule has 0 aliphatic heterocycles. The first kappa shape index (κ1) is 17.4. The van der Waals surface area contributed by atoms with Gasteiger partial charge in [-0.3, -0.25) is 9.59 Å². The van der Waals surface area contributed by atoms with Crippen LogP contribution in [0.5, 0.6) is 0 Å². The monoisotopic (exact) mass is 378 g/mol. The van der Waals surface area contributed by atoms with Crippen LogP contribution in [0.15, 0.2) is 30.3 Å². The number of hydrogen-bond acceptors (Lipinski definition) is 2. The van der Waals surface area contributed by atoms with Crippen molar-refractivity contribution in [3.63, 3.8) is 0 Å². The van der Waals surface area contributed by atoms with Crippen LogP contribution in [0.25, 0.3) is 0 Å². The number of rotatable bonds is 4. The van der Waals surface area contributed by atoms with Gasteiger partial charge in [0.2, 0.25) is 5.91 Å². The maximum Gasteiger partial charge on any atom is 0.252 e. The Kier molecular flexibility index (Phi) is 4.00. The van der Waals surface area contributed by atoms with Crippen molar-refractivity contribution in [3.05, 3.63) is 64.0 Å². The van der Waals surface area contributed by atoms with Gasteiger partial charge in [0.05, 0.1) is 0 Å². The highest BCUT2D eigenvalue weighted by Crippen LogP contribution is 2.41. The van der Waals surface area contributed by atoms with Gasteiger partial charge in [-0.15, -0.1) is 0 Å². The van der Waals surface area contributed by atoms with Gasteiger partial charge in [-0.05, 0) is 97.9 Å². The number of aryl methyl sites for hydroxylation is 2. The molecule has 1 fully saturated rings. The Balaban J connectivity index is 1.38. The number of amides is 2. The van der Waals surface area contributed by atoms with Crippen molar-refractivity contribution in [2.24, 2.45) is 0 Å². The van der Waals surface area contributed by atoms with Crippen LogP contribution in [0.2, 0.25) is 0 Å². The zero-order chi connectivity index (χ0) is 19.3. The van der Waals surface area contributed by atoms with Crippen molar-refractivity contribution in [3.8, 4) is 0 Å². The van der Waals surface area contributed by atoms with Crippen molar-refractivity contribution in [2.45, 2.75) is 56.9 Å². The van der Waals surface area contributed by atoms with Crippen molar-refractivity contribution in [2.75, 3.05) is 5.32 Å². The summed E-state index contributed by atoms with van der Waals surface area (Å²) in [6.45, 7) is 0. The molecule has 0 radical (unpaired) electrons. The normalized spacial score (nSPS) is 18.3. The molecular weight excluding hydrogens is 355 g/mol. The fourth-order valence-electron chi connectivity index (χ4n) is 4.62. The number of carbonyl (C=O) groups is 2. The summed E-state index contributed by atoms with van der Waals surface area (Å²) < 4.78 is 13.1. The molecule has 5 heteroatoms. The average Bonchev–Trinajstić information content (AvgIpc) is 3.10. The fraction of sp³-hybridized carbons (Fsp3) is 0.391. The van der Waals surface area contributed by atoms with Gasteiger partial charge in [-0.2, -0.15) is 0 Å². The third kappa shape index (κ3) is 2.89. The summed E-state index contributed by atoms with van der Waals surface area (Å²) in [4.78, 5) is 25.7. The number of anilines is 1. The van der Waals surface area contributed by atoms with Crippen LogP contribution in [0.3, 0.4) is 0 Å². The molecule has 0 spiro atoms. The number of nitrogens with one attached hydrogen (secondary N) is 2. The van der Waals surface area contributed by atoms with Crippen molar-refractivity contribution >= 4 is 17.5 Å². The van der Waals surface area contributed by atoms with E-state index >= 15 is 0 Å². The predicted octanol–water partition coefficient (Wildman–Crippen LogP) is 3.70. The smallest absolute Gasteiger partial charge is 0.252 e. The van der Waals surface area contributed by atoms with Crippen LogP contribution >= 0.6 is 0 Å². The molecule has 0 aromatic heterocycles. The third-order valence-electron chi connectivity index (χ3n) is 6.36. The lowest BCUT2D eigenvalue weighted by atomic mass is 9.98. The minimum atomic E-state index is -0.849. The van der Waals surface area contributed by atoms with E-state index in [1.807, 2.05) is 0 Å². The quantitative estimate of drug-likeness (QED) is 0.852. The SMILES string of the molecule is O=C(NC1(C(=O)Nc2c3c(cc4c2CCC4)CCC3)CC1)c1ccc(F)cc1. The topological polar surface area (TPSA) is 58.2 Å². The molecule has 2 aromatic rings. The number of carbonyl (C=O) groups excluding carboxylic acids is 2. The second-order valence-electron chi connectivity index (χ2n) is 8.23. The largest absolute Gasteiger partial charge is 0.338 e. The van der Waals surface area contributed by atoms with E-state index in [0.717, 1.165) is 44.2 Å². The van der Waals surface area contributed by atoms with Gasteiger partial charge < -0.3 is 10.6 Å². The molecular formula is C23H23FN2O2. The molecule has 1 saturated carbocycles. The summed E-state index contributed by atoms with van der Waals surface area (Å²) in [5.41, 5.74) is 5.84. The summed E-state index contributed by atoms with van der Waals surface area (Å²) in [7, 11) is 0. The number of fused-ring (bicyclic) bond motifs is 2. The molecule has 28 heavy (non-hydrogen) atoms. The van der Waals surface area contributed by atoms with Crippen LogP contribution in [-0.4, -0.2) is 17.4 Å². The Morgan fingerprint density at radius 3 is 2.07 bits per heavy atom. The Labute approximate surface area is 163 Å². The van der Waals surface area contributed by atoms with Crippen LogP contribution in [0, 0.1) is 5.82 Å². The molecule has 3 aliphatic carbocycles. The molecule has 144 valence electrons. The van der Waals surface area contributed by atoms with E-state index in [-0.39, 0.29) is 17.6 Å². The second-order valence-corrected chi connectivity index (χ2v) is 8.23. The number of halogens is 1. The molecule has 0 bridgehead atoms. The van der Waals surface area contributed by atoms with Gasteiger partial charge in [0.25, 0.3) is 5.91 Å². The second kappa shape index (κ2) is 6.43. The summed E-state index contributed by atoms with van der Waals surface area (Å²) in [5, 5.41) is 6.08. The lowest BCUT2D eigenvalue weighted by molar-refractivity contribution is -0.118. The molecule has 5 rings (SSSR count). The molecule has 4 nitrogen and oxygen atoms in total. The Bertz CT molecular complexity index is 945. The highest BCUT2D eigenvalue weighted by atomic mass is 19.1. The van der Waals surface area contributed by atoms with Gasteiger partial charge in [0, 0.05) is 11.3 Å². The molecule has 0 saturated heterocycles. The summed E-state index contributed by atoms with van der Waals surface area (Å²) in [6.07, 6.45) is 7.70. The molecule has 2 N–H and O–H groups in total. The van der Waals surface area contributed by atoms with Gasteiger partial charge in [-0.25, -0.2) is 4.39 Å². The standard InChI is InChI=1S/C23H23FN2O2/c24-17-9-7-14(8-10-17)21(27)26-23(11-12-23)22(28)25-20-18-5-1-3-15(18)13-16-4-2-6-19(16)20/h7-10,13H,1-6,11-12H2,(H,25,28)(H,26,27). The van der Waals surface area contributed by atoms with Crippen LogP contribution < -0.4 is 10.6 Å². The Morgan fingerprint density at radius 1 is 0.893 bits per heavy atom. The molecule has 0 unspecified atom stereocenters. The summed E-state index contributed by atoms with van der Waals surface area (Å²) in [5.74, 6) is -0.851. The van der Waals surface area contributed by atoms with Crippen molar-refractivity contribution in [1.29, 1.82) is 0 Å². The molecule has 0 heterocycles. The highest BCUT2D eigenvalue weighted by Gasteiger charge is 2.51. The maximum absolute atomic E-state index is 13.1. The third-order valence-corrected chi connectivity index (χ3v) is 6.36. The van der Waals surface area contributed by atoms with E-state index in [1.54, 1.807) is 0 Å². The molecule has 2 aromatic carbocycles. The van der Waals surface area contributed by atoms with Crippen molar-refractivity contribution < 1.29 is 14.0 Å². The van der Waals surface area contributed by atoms with E-state index in [2.05, 4.69) is 16.7 Å². The van der Waals surface area contributed by atoms with Crippen LogP contribution in [0.4, 0.5) is 10.1 Å². The number of benzene rings is 2. The predicted molar refractivity (Wildman–Crippen MR) is 105 cm³/mol. The van der Waals surface area contributed by atoms with E-state index in [4.69, 9.17) is 0 Å². The minimum absolute atomic E-state index is 0.127. The first-order chi connectivity index (χ1) is 13.6. The zero-order valence-corrected chi connectivity index (χ0v) is 15.7. The minimum Gasteiger partial charge on any atom is -0.338 e. The van der Waals surface area contributed by atoms with E-state index in [9.17, 15) is 14.0 Å². The summed E-state index contributed by atoms with van der Waals surface area (Å²) >= 11 is 0. The Hall–Kier alpha value is -2.69. The van der Waals surface area contributed by atoms with Gasteiger partial charge >= 0.3 is 0 Å². The average molecular weight is 378 g/mol. The molecule has 2 amide bonds. The molecule has 0 atom stereocenters. The Morgan fingerprint density at radius 2 is 1.50 bits per heavy atom. The fourth-order valence-corrected chi connectivity index (χ4v) is 4.62. The van der Waals surface area contributed by atoms with Gasteiger partial charge in [0.1, 0.15) is 11.4 Å². The van der Waals surface area contributed by atoms with E-state index in [1.165, 1.54) is 46.5 Å².